The fourth-order valence-electron chi connectivity index (χ4n) is 2.43. The SMILES string of the molecule is C[C@H](NC(=O)Cn1nc(-c2cccs2)oc1=O)[C@@H]1CCCO1. The van der Waals surface area contributed by atoms with Crippen molar-refractivity contribution in [1.29, 1.82) is 0 Å². The van der Waals surface area contributed by atoms with Crippen LogP contribution in [0.15, 0.2) is 26.7 Å². The summed E-state index contributed by atoms with van der Waals surface area (Å²) in [4.78, 5) is 24.5. The van der Waals surface area contributed by atoms with Crippen LogP contribution in [-0.4, -0.2) is 34.4 Å². The molecule has 0 bridgehead atoms. The second kappa shape index (κ2) is 6.45. The Morgan fingerprint density at radius 2 is 2.50 bits per heavy atom. The van der Waals surface area contributed by atoms with Gasteiger partial charge >= 0.3 is 5.76 Å². The third kappa shape index (κ3) is 3.28. The van der Waals surface area contributed by atoms with Gasteiger partial charge in [-0.05, 0) is 31.2 Å². The summed E-state index contributed by atoms with van der Waals surface area (Å²) in [6.07, 6.45) is 1.99. The molecular weight excluding hydrogens is 306 g/mol. The summed E-state index contributed by atoms with van der Waals surface area (Å²) in [5.41, 5.74) is 0. The zero-order valence-electron chi connectivity index (χ0n) is 12.2. The molecule has 7 nitrogen and oxygen atoms in total. The Bertz CT molecular complexity index is 685. The molecule has 0 unspecified atom stereocenters. The molecule has 3 heterocycles. The fraction of sp³-hybridized carbons (Fsp3) is 0.500. The van der Waals surface area contributed by atoms with E-state index >= 15 is 0 Å². The highest BCUT2D eigenvalue weighted by atomic mass is 32.1. The Morgan fingerprint density at radius 1 is 1.64 bits per heavy atom. The Hall–Kier alpha value is -1.93. The molecule has 0 aromatic carbocycles. The van der Waals surface area contributed by atoms with Crippen molar-refractivity contribution in [1.82, 2.24) is 15.1 Å². The van der Waals surface area contributed by atoms with Crippen LogP contribution in [0.3, 0.4) is 0 Å². The highest BCUT2D eigenvalue weighted by molar-refractivity contribution is 7.13. The van der Waals surface area contributed by atoms with E-state index < -0.39 is 5.76 Å². The molecule has 3 rings (SSSR count). The highest BCUT2D eigenvalue weighted by Gasteiger charge is 2.24. The standard InChI is InChI=1S/C14H17N3O4S/c1-9(10-4-2-6-20-10)15-12(18)8-17-14(19)21-13(16-17)11-5-3-7-22-11/h3,5,7,9-10H,2,4,6,8H2,1H3,(H,15,18)/t9-,10-/m0/s1. The summed E-state index contributed by atoms with van der Waals surface area (Å²) in [5.74, 6) is -0.681. The summed E-state index contributed by atoms with van der Waals surface area (Å²) in [6.45, 7) is 2.47. The smallest absolute Gasteiger partial charge is 0.387 e. The van der Waals surface area contributed by atoms with E-state index in [-0.39, 0.29) is 30.5 Å². The van der Waals surface area contributed by atoms with Gasteiger partial charge in [-0.25, -0.2) is 4.79 Å². The van der Waals surface area contributed by atoms with Crippen molar-refractivity contribution >= 4 is 17.2 Å². The monoisotopic (exact) mass is 323 g/mol. The molecule has 1 aliphatic rings. The topological polar surface area (TPSA) is 86.4 Å². The van der Waals surface area contributed by atoms with Crippen molar-refractivity contribution in [2.24, 2.45) is 0 Å². The molecule has 1 amide bonds. The van der Waals surface area contributed by atoms with Crippen LogP contribution >= 0.6 is 11.3 Å². The number of amides is 1. The van der Waals surface area contributed by atoms with Gasteiger partial charge < -0.3 is 14.5 Å². The maximum atomic E-state index is 12.0. The number of thiophene rings is 1. The van der Waals surface area contributed by atoms with Gasteiger partial charge in [-0.3, -0.25) is 4.79 Å². The third-order valence-corrected chi connectivity index (χ3v) is 4.40. The van der Waals surface area contributed by atoms with Gasteiger partial charge in [0.1, 0.15) is 6.54 Å². The molecule has 0 radical (unpaired) electrons. The summed E-state index contributed by atoms with van der Waals surface area (Å²) >= 11 is 1.42. The first-order chi connectivity index (χ1) is 10.6. The molecular formula is C14H17N3O4S. The van der Waals surface area contributed by atoms with Gasteiger partial charge in [-0.15, -0.1) is 16.4 Å². The predicted molar refractivity (Wildman–Crippen MR) is 80.7 cm³/mol. The number of ether oxygens (including phenoxy) is 1. The minimum Gasteiger partial charge on any atom is -0.387 e. The first kappa shape index (κ1) is 15.0. The molecule has 118 valence electrons. The van der Waals surface area contributed by atoms with E-state index in [1.165, 1.54) is 11.3 Å². The lowest BCUT2D eigenvalue weighted by Gasteiger charge is -2.19. The van der Waals surface area contributed by atoms with Gasteiger partial charge in [0.25, 0.3) is 5.89 Å². The number of aromatic nitrogens is 2. The van der Waals surface area contributed by atoms with E-state index in [9.17, 15) is 9.59 Å². The van der Waals surface area contributed by atoms with Crippen molar-refractivity contribution in [3.8, 4) is 10.8 Å². The van der Waals surface area contributed by atoms with E-state index in [0.29, 0.717) is 0 Å². The van der Waals surface area contributed by atoms with E-state index in [4.69, 9.17) is 9.15 Å². The minimum atomic E-state index is -0.636. The lowest BCUT2D eigenvalue weighted by Crippen LogP contribution is -2.43. The van der Waals surface area contributed by atoms with Crippen molar-refractivity contribution in [2.45, 2.75) is 38.5 Å². The number of hydrogen-bond donors (Lipinski definition) is 1. The number of nitrogens with one attached hydrogen (secondary N) is 1. The van der Waals surface area contributed by atoms with Crippen LogP contribution in [0, 0.1) is 0 Å². The summed E-state index contributed by atoms with van der Waals surface area (Å²) in [6, 6.07) is 3.56. The average Bonchev–Trinajstić information content (AvgIpc) is 3.19. The second-order valence-corrected chi connectivity index (χ2v) is 6.16. The van der Waals surface area contributed by atoms with Crippen LogP contribution in [0.2, 0.25) is 0 Å². The van der Waals surface area contributed by atoms with Gasteiger partial charge in [0, 0.05) is 6.61 Å². The molecule has 1 saturated heterocycles. The average molecular weight is 323 g/mol. The molecule has 8 heteroatoms. The zero-order valence-corrected chi connectivity index (χ0v) is 13.0. The first-order valence-corrected chi connectivity index (χ1v) is 8.04. The maximum absolute atomic E-state index is 12.0. The highest BCUT2D eigenvalue weighted by Crippen LogP contribution is 2.21. The van der Waals surface area contributed by atoms with Crippen LogP contribution in [0.5, 0.6) is 0 Å². The molecule has 2 atom stereocenters. The fourth-order valence-corrected chi connectivity index (χ4v) is 3.08. The van der Waals surface area contributed by atoms with E-state index in [1.807, 2.05) is 18.4 Å². The van der Waals surface area contributed by atoms with Gasteiger partial charge in [0.15, 0.2) is 0 Å². The molecule has 22 heavy (non-hydrogen) atoms. The number of rotatable bonds is 5. The van der Waals surface area contributed by atoms with Crippen molar-refractivity contribution in [3.63, 3.8) is 0 Å². The Morgan fingerprint density at radius 3 is 3.18 bits per heavy atom. The van der Waals surface area contributed by atoms with Gasteiger partial charge in [0.2, 0.25) is 5.91 Å². The molecule has 1 N–H and O–H groups in total. The number of nitrogens with zero attached hydrogens (tertiary/aromatic N) is 2. The van der Waals surface area contributed by atoms with E-state index in [2.05, 4.69) is 10.4 Å². The summed E-state index contributed by atoms with van der Waals surface area (Å²) in [5, 5.41) is 8.76. The summed E-state index contributed by atoms with van der Waals surface area (Å²) in [7, 11) is 0. The molecule has 0 saturated carbocycles. The minimum absolute atomic E-state index is 0.0414. The van der Waals surface area contributed by atoms with Crippen molar-refractivity contribution in [2.75, 3.05) is 6.61 Å². The lowest BCUT2D eigenvalue weighted by molar-refractivity contribution is -0.123. The molecule has 0 spiro atoms. The first-order valence-electron chi connectivity index (χ1n) is 7.16. The quantitative estimate of drug-likeness (QED) is 0.895. The van der Waals surface area contributed by atoms with Crippen molar-refractivity contribution < 1.29 is 13.9 Å². The third-order valence-electron chi connectivity index (χ3n) is 3.54. The van der Waals surface area contributed by atoms with Crippen molar-refractivity contribution in [3.05, 3.63) is 28.1 Å². The molecule has 2 aromatic rings. The van der Waals surface area contributed by atoms with Crippen LogP contribution in [0.1, 0.15) is 19.8 Å². The van der Waals surface area contributed by atoms with Gasteiger partial charge in [0.05, 0.1) is 17.0 Å². The van der Waals surface area contributed by atoms with Gasteiger partial charge in [-0.1, -0.05) is 6.07 Å². The molecule has 0 aliphatic carbocycles. The largest absolute Gasteiger partial charge is 0.437 e. The van der Waals surface area contributed by atoms with Crippen LogP contribution in [0.25, 0.3) is 10.8 Å². The lowest BCUT2D eigenvalue weighted by atomic mass is 10.1. The van der Waals surface area contributed by atoms with Gasteiger partial charge in [-0.2, -0.15) is 4.68 Å². The number of hydrogen-bond acceptors (Lipinski definition) is 6. The number of carbonyl (C=O) groups excluding carboxylic acids is 1. The Balaban J connectivity index is 1.63. The van der Waals surface area contributed by atoms with Crippen LogP contribution in [0.4, 0.5) is 0 Å². The number of carbonyl (C=O) groups is 1. The normalized spacial score (nSPS) is 19.2. The van der Waals surface area contributed by atoms with E-state index in [0.717, 1.165) is 29.0 Å². The van der Waals surface area contributed by atoms with E-state index in [1.54, 1.807) is 6.07 Å². The summed E-state index contributed by atoms with van der Waals surface area (Å²) < 4.78 is 11.6. The second-order valence-electron chi connectivity index (χ2n) is 5.22. The molecule has 1 fully saturated rings. The predicted octanol–water partition coefficient (Wildman–Crippen LogP) is 1.25. The Kier molecular flexibility index (Phi) is 4.39. The molecule has 2 aromatic heterocycles. The Labute approximate surface area is 130 Å². The zero-order chi connectivity index (χ0) is 15.5. The maximum Gasteiger partial charge on any atom is 0.437 e. The van der Waals surface area contributed by atoms with Crippen LogP contribution < -0.4 is 11.1 Å². The molecule has 1 aliphatic heterocycles. The van der Waals surface area contributed by atoms with Crippen LogP contribution in [-0.2, 0) is 16.1 Å².